The van der Waals surface area contributed by atoms with Gasteiger partial charge >= 0.3 is 12.2 Å². The molecule has 2 atom stereocenters. The van der Waals surface area contributed by atoms with Crippen molar-refractivity contribution >= 4 is 35.5 Å². The van der Waals surface area contributed by atoms with Crippen LogP contribution in [0.15, 0.2) is 128 Å². The number of hydrogen-bond acceptors (Lipinski definition) is 9. The molecule has 2 aliphatic rings. The highest BCUT2D eigenvalue weighted by Gasteiger charge is 2.33. The third-order valence-corrected chi connectivity index (χ3v) is 9.35. The number of allylic oxidation sites excluding steroid dienone is 4. The number of amidine groups is 1. The van der Waals surface area contributed by atoms with Crippen molar-refractivity contribution in [2.45, 2.75) is 58.0 Å². The van der Waals surface area contributed by atoms with E-state index in [0.717, 1.165) is 47.5 Å². The van der Waals surface area contributed by atoms with Crippen LogP contribution in [0, 0.1) is 11.8 Å². The number of aliphatic imine (C=N–C) groups is 1. The van der Waals surface area contributed by atoms with Crippen LogP contribution < -0.4 is 21.3 Å². The van der Waals surface area contributed by atoms with E-state index in [9.17, 15) is 19.2 Å². The van der Waals surface area contributed by atoms with Crippen LogP contribution in [0.3, 0.4) is 0 Å². The summed E-state index contributed by atoms with van der Waals surface area (Å²) < 4.78 is 9.11. The first-order chi connectivity index (χ1) is 30.5. The van der Waals surface area contributed by atoms with E-state index >= 15 is 0 Å². The fraction of sp³-hybridized carbons (Fsp3) is 0.333. The molecule has 1 aromatic heterocycles. The molecule has 5 N–H and O–H groups in total. The van der Waals surface area contributed by atoms with Crippen LogP contribution in [0.4, 0.5) is 15.3 Å². The molecule has 2 saturated heterocycles. The van der Waals surface area contributed by atoms with Gasteiger partial charge in [-0.3, -0.25) is 9.59 Å². The van der Waals surface area contributed by atoms with Crippen molar-refractivity contribution in [2.24, 2.45) is 10.7 Å². The van der Waals surface area contributed by atoms with Crippen LogP contribution in [-0.2, 0) is 19.1 Å². The van der Waals surface area contributed by atoms with Crippen molar-refractivity contribution in [1.29, 1.82) is 0 Å². The summed E-state index contributed by atoms with van der Waals surface area (Å²) in [4.78, 5) is 66.0. The van der Waals surface area contributed by atoms with E-state index in [1.54, 1.807) is 34.2 Å². The van der Waals surface area contributed by atoms with Gasteiger partial charge in [0, 0.05) is 49.2 Å². The lowest BCUT2D eigenvalue weighted by Gasteiger charge is -2.24. The smallest absolute Gasteiger partial charge is 0.407 e. The lowest BCUT2D eigenvalue weighted by Crippen LogP contribution is -2.47. The number of likely N-dealkylation sites (N-methyl/N-ethyl adjacent to an activating group) is 1. The molecule has 1 unspecified atom stereocenters. The summed E-state index contributed by atoms with van der Waals surface area (Å²) in [5.74, 6) is 6.66. The van der Waals surface area contributed by atoms with Crippen LogP contribution in [-0.4, -0.2) is 103 Å². The summed E-state index contributed by atoms with van der Waals surface area (Å²) in [5, 5.41) is 4.85. The van der Waals surface area contributed by atoms with Crippen LogP contribution in [0.2, 0.25) is 0 Å². The number of ether oxygens (including phenoxy) is 2. The van der Waals surface area contributed by atoms with Crippen LogP contribution in [0.1, 0.15) is 63.4 Å². The Hall–Kier alpha value is -7.34. The number of benzene rings is 2. The van der Waals surface area contributed by atoms with Gasteiger partial charge in [-0.2, -0.15) is 0 Å². The molecule has 5 rings (SSSR count). The Kier molecular flexibility index (Phi) is 23.9. The predicted octanol–water partition coefficient (Wildman–Crippen LogP) is 7.26. The van der Waals surface area contributed by atoms with E-state index in [0.29, 0.717) is 25.3 Å². The van der Waals surface area contributed by atoms with Gasteiger partial charge in [-0.25, -0.2) is 19.6 Å². The molecule has 0 radical (unpaired) electrons. The summed E-state index contributed by atoms with van der Waals surface area (Å²) in [6.45, 7) is 18.7. The minimum absolute atomic E-state index is 0.161. The minimum Gasteiger partial charge on any atom is -0.453 e. The number of amides is 4. The molecular weight excluding hydrogens is 799 g/mol. The fourth-order valence-corrected chi connectivity index (χ4v) is 6.43. The topological polar surface area (TPSA) is 188 Å². The summed E-state index contributed by atoms with van der Waals surface area (Å²) in [5.41, 5.74) is 10.2. The number of aromatic nitrogens is 2. The number of nitrogens with one attached hydrogen (secondary N) is 3. The molecule has 15 nitrogen and oxygen atoms in total. The standard InChI is InChI=1S/C37H45N9O6.C6H6.C3H8.C2H4/c1-6-12-27(7-2)44(3)31-21-26(28-22-40-35(43-28)30-15-11-20-46(30)33(48)24-42-37(50)52-5)17-16-25(31)13-8-9-18-39-34(38)29-14-10-19-45(29)32(47)23-41-36(49)51-4;1-2-4-6-5-3-1;1-3-2;1-2/h6-7,9,12,16-18,21-22,29-30H,1-2,10-11,14-15,19-20,23-24H2,3-5H3,(H2,38,39)(H,40,43)(H,41,49)(H,42,50);1-6H;3H2,1-2H3;1-2H2/b18-9+,27-12+;;;/t29?,30-;;;/m0.../s1. The van der Waals surface area contributed by atoms with Crippen molar-refractivity contribution in [3.05, 3.63) is 135 Å². The highest BCUT2D eigenvalue weighted by atomic mass is 16.5. The second-order valence-corrected chi connectivity index (χ2v) is 13.7. The predicted molar refractivity (Wildman–Crippen MR) is 251 cm³/mol. The SMILES string of the molecule is C=C.C=C/C=C(\C=C)N(C)c1cc(-c2cnc([C@@H]3CCCN3C(=O)CNC(=O)OC)[nH]2)ccc1C#C/C=C/N=C(N)C1CCCN1C(=O)CNC(=O)OC.CCC.c1ccccc1. The van der Waals surface area contributed by atoms with E-state index in [-0.39, 0.29) is 42.8 Å². The number of likely N-dealkylation sites (tertiary alicyclic amines) is 2. The summed E-state index contributed by atoms with van der Waals surface area (Å²) in [7, 11) is 4.38. The van der Waals surface area contributed by atoms with Gasteiger partial charge in [0.15, 0.2) is 0 Å². The molecule has 15 heteroatoms. The van der Waals surface area contributed by atoms with Gasteiger partial charge in [-0.05, 0) is 50.0 Å². The summed E-state index contributed by atoms with van der Waals surface area (Å²) in [6.07, 6.45) is 12.9. The van der Waals surface area contributed by atoms with Crippen molar-refractivity contribution in [3.63, 3.8) is 0 Å². The van der Waals surface area contributed by atoms with Crippen LogP contribution in [0.5, 0.6) is 0 Å². The van der Waals surface area contributed by atoms with E-state index < -0.39 is 12.2 Å². The van der Waals surface area contributed by atoms with Crippen LogP contribution >= 0.6 is 0 Å². The zero-order valence-electron chi connectivity index (χ0n) is 37.3. The minimum atomic E-state index is -0.682. The maximum Gasteiger partial charge on any atom is 0.407 e. The zero-order chi connectivity index (χ0) is 46.6. The van der Waals surface area contributed by atoms with Crippen LogP contribution in [0.25, 0.3) is 11.3 Å². The molecule has 0 saturated carbocycles. The number of rotatable bonds is 12. The number of alkyl carbamates (subject to hydrolysis) is 2. The van der Waals surface area contributed by atoms with E-state index in [1.807, 2.05) is 72.6 Å². The Morgan fingerprint density at radius 1 is 0.952 bits per heavy atom. The normalized spacial score (nSPS) is 15.4. The first kappa shape index (κ1) is 51.8. The highest BCUT2D eigenvalue weighted by Crippen LogP contribution is 2.33. The molecule has 0 aliphatic carbocycles. The number of nitrogens with zero attached hydrogens (tertiary/aromatic N) is 5. The fourth-order valence-electron chi connectivity index (χ4n) is 6.43. The third-order valence-electron chi connectivity index (χ3n) is 9.35. The Labute approximate surface area is 372 Å². The first-order valence-electron chi connectivity index (χ1n) is 20.6. The third kappa shape index (κ3) is 16.6. The molecule has 2 aromatic carbocycles. The Morgan fingerprint density at radius 3 is 2.10 bits per heavy atom. The van der Waals surface area contributed by atoms with Crippen molar-refractivity contribution < 1.29 is 28.7 Å². The molecule has 2 aliphatic heterocycles. The monoisotopic (exact) mass is 861 g/mol. The number of nitrogens with two attached hydrogens (primary N) is 1. The zero-order valence-corrected chi connectivity index (χ0v) is 37.3. The highest BCUT2D eigenvalue weighted by molar-refractivity contribution is 5.92. The Balaban J connectivity index is 0.00000110. The first-order valence-corrected chi connectivity index (χ1v) is 20.6. The van der Waals surface area contributed by atoms with Gasteiger partial charge in [0.2, 0.25) is 11.8 Å². The van der Waals surface area contributed by atoms with Crippen molar-refractivity contribution in [2.75, 3.05) is 52.3 Å². The molecule has 336 valence electrons. The maximum atomic E-state index is 12.9. The van der Waals surface area contributed by atoms with Gasteiger partial charge < -0.3 is 45.5 Å². The number of aromatic amines is 1. The molecule has 2 fully saturated rings. The van der Waals surface area contributed by atoms with Crippen molar-refractivity contribution in [3.8, 4) is 23.1 Å². The average Bonchev–Trinajstić information content (AvgIpc) is 4.13. The van der Waals surface area contributed by atoms with Gasteiger partial charge in [-0.1, -0.05) is 93.8 Å². The van der Waals surface area contributed by atoms with Gasteiger partial charge in [0.05, 0.1) is 43.9 Å². The van der Waals surface area contributed by atoms with Gasteiger partial charge in [-0.15, -0.1) is 13.2 Å². The maximum absolute atomic E-state index is 12.9. The number of carbonyl (C=O) groups is 4. The molecule has 4 amide bonds. The quantitative estimate of drug-likeness (QED) is 0.0478. The number of anilines is 1. The lowest BCUT2D eigenvalue weighted by atomic mass is 10.1. The van der Waals surface area contributed by atoms with E-state index in [4.69, 9.17) is 5.73 Å². The Bertz CT molecular complexity index is 2070. The summed E-state index contributed by atoms with van der Waals surface area (Å²) >= 11 is 0. The molecule has 3 aromatic rings. The molecule has 63 heavy (non-hydrogen) atoms. The van der Waals surface area contributed by atoms with E-state index in [1.165, 1.54) is 26.8 Å². The number of H-pyrrole nitrogens is 1. The number of imidazole rings is 1. The largest absolute Gasteiger partial charge is 0.453 e. The second kappa shape index (κ2) is 29.0. The Morgan fingerprint density at radius 2 is 1.52 bits per heavy atom. The molecule has 0 bridgehead atoms. The molecule has 0 spiro atoms. The summed E-state index contributed by atoms with van der Waals surface area (Å²) in [6, 6.07) is 17.2. The number of hydrogen-bond donors (Lipinski definition) is 4. The van der Waals surface area contributed by atoms with Gasteiger partial charge in [0.1, 0.15) is 24.7 Å². The molecular formula is C48H63N9O6. The lowest BCUT2D eigenvalue weighted by molar-refractivity contribution is -0.131. The molecule has 3 heterocycles. The average molecular weight is 862 g/mol. The number of carbonyl (C=O) groups excluding carboxylic acids is 4. The van der Waals surface area contributed by atoms with Gasteiger partial charge in [0.25, 0.3) is 0 Å². The number of methoxy groups -OCH3 is 2. The second-order valence-electron chi connectivity index (χ2n) is 13.7. The van der Waals surface area contributed by atoms with E-state index in [2.05, 4.69) is 87.1 Å². The van der Waals surface area contributed by atoms with Crippen molar-refractivity contribution in [1.82, 2.24) is 30.4 Å².